The first-order chi connectivity index (χ1) is 7.75. The molecule has 0 saturated carbocycles. The van der Waals surface area contributed by atoms with Crippen LogP contribution in [0.3, 0.4) is 0 Å². The summed E-state index contributed by atoms with van der Waals surface area (Å²) in [5.41, 5.74) is 0. The van der Waals surface area contributed by atoms with Gasteiger partial charge in [-0.15, -0.1) is 0 Å². The highest BCUT2D eigenvalue weighted by atomic mass is 15.0. The van der Waals surface area contributed by atoms with Gasteiger partial charge in [-0.2, -0.15) is 0 Å². The largest absolute Gasteiger partial charge is 0.309 e. The Hall–Kier alpha value is -0.0800. The quantitative estimate of drug-likeness (QED) is 0.675. The van der Waals surface area contributed by atoms with Gasteiger partial charge in [0.15, 0.2) is 0 Å². The van der Waals surface area contributed by atoms with Gasteiger partial charge in [-0.1, -0.05) is 27.7 Å². The Kier molecular flexibility index (Phi) is 14.0. The molecule has 0 rings (SSSR count). The summed E-state index contributed by atoms with van der Waals surface area (Å²) < 4.78 is 0. The standard InChI is InChI=1S/C8H19N.C7H17N/c1-8(2)6-5-7-9(3)4;1-7(2)5-6-8(3)4/h8H,5-7H2,1-4H3;7H,5-6H2,1-4H3. The molecule has 0 amide bonds. The molecule has 0 bridgehead atoms. The Morgan fingerprint density at radius 1 is 0.647 bits per heavy atom. The van der Waals surface area contributed by atoms with E-state index in [1.807, 2.05) is 0 Å². The lowest BCUT2D eigenvalue weighted by molar-refractivity contribution is 0.369. The topological polar surface area (TPSA) is 6.48 Å². The van der Waals surface area contributed by atoms with Gasteiger partial charge in [-0.25, -0.2) is 0 Å². The summed E-state index contributed by atoms with van der Waals surface area (Å²) in [7, 11) is 8.48. The Balaban J connectivity index is 0. The number of hydrogen-bond donors (Lipinski definition) is 0. The van der Waals surface area contributed by atoms with E-state index in [1.165, 1.54) is 32.4 Å². The molecule has 0 fully saturated rings. The SMILES string of the molecule is CC(C)CCCN(C)C.CC(C)CCN(C)C. The molecular weight excluding hydrogens is 208 g/mol. The van der Waals surface area contributed by atoms with Crippen LogP contribution in [0.5, 0.6) is 0 Å². The summed E-state index contributed by atoms with van der Waals surface area (Å²) >= 11 is 0. The minimum Gasteiger partial charge on any atom is -0.309 e. The van der Waals surface area contributed by atoms with Crippen molar-refractivity contribution in [1.29, 1.82) is 0 Å². The minimum atomic E-state index is 0.845. The molecule has 0 aromatic carbocycles. The van der Waals surface area contributed by atoms with Crippen molar-refractivity contribution in [1.82, 2.24) is 9.80 Å². The third-order valence-corrected chi connectivity index (χ3v) is 2.54. The van der Waals surface area contributed by atoms with Crippen molar-refractivity contribution in [2.45, 2.75) is 47.0 Å². The molecule has 0 aromatic heterocycles. The maximum absolute atomic E-state index is 2.27. The highest BCUT2D eigenvalue weighted by Gasteiger charge is 1.94. The van der Waals surface area contributed by atoms with Crippen molar-refractivity contribution < 1.29 is 0 Å². The van der Waals surface area contributed by atoms with E-state index in [0.717, 1.165) is 11.8 Å². The second kappa shape index (κ2) is 12.4. The van der Waals surface area contributed by atoms with E-state index in [-0.39, 0.29) is 0 Å². The molecule has 0 aliphatic heterocycles. The number of nitrogens with zero attached hydrogens (tertiary/aromatic N) is 2. The fraction of sp³-hybridized carbons (Fsp3) is 1.00. The van der Waals surface area contributed by atoms with Crippen LogP contribution in [0.15, 0.2) is 0 Å². The molecule has 106 valence electrons. The van der Waals surface area contributed by atoms with Gasteiger partial charge in [0, 0.05) is 0 Å². The molecular formula is C15H36N2. The summed E-state index contributed by atoms with van der Waals surface area (Å²) in [5.74, 6) is 1.71. The first-order valence-corrected chi connectivity index (χ1v) is 7.05. The van der Waals surface area contributed by atoms with Crippen LogP contribution in [0.25, 0.3) is 0 Å². The molecule has 2 heteroatoms. The Labute approximate surface area is 110 Å². The molecule has 0 saturated heterocycles. The maximum atomic E-state index is 2.27. The first-order valence-electron chi connectivity index (χ1n) is 7.05. The highest BCUT2D eigenvalue weighted by molar-refractivity contribution is 4.48. The molecule has 2 nitrogen and oxygen atoms in total. The van der Waals surface area contributed by atoms with Crippen LogP contribution in [0.2, 0.25) is 0 Å². The van der Waals surface area contributed by atoms with E-state index in [9.17, 15) is 0 Å². The minimum absolute atomic E-state index is 0.845. The average Bonchev–Trinajstić information content (AvgIpc) is 2.14. The van der Waals surface area contributed by atoms with Crippen LogP contribution < -0.4 is 0 Å². The molecule has 0 heterocycles. The lowest BCUT2D eigenvalue weighted by atomic mass is 10.1. The average molecular weight is 244 g/mol. The third kappa shape index (κ3) is 25.9. The zero-order valence-corrected chi connectivity index (χ0v) is 13.6. The van der Waals surface area contributed by atoms with Crippen molar-refractivity contribution in [3.8, 4) is 0 Å². The monoisotopic (exact) mass is 244 g/mol. The van der Waals surface area contributed by atoms with E-state index < -0.39 is 0 Å². The molecule has 17 heavy (non-hydrogen) atoms. The van der Waals surface area contributed by atoms with Gasteiger partial charge < -0.3 is 9.80 Å². The fourth-order valence-corrected chi connectivity index (χ4v) is 1.33. The summed E-state index contributed by atoms with van der Waals surface area (Å²) in [5, 5.41) is 0. The van der Waals surface area contributed by atoms with Crippen LogP contribution in [-0.2, 0) is 0 Å². The molecule has 0 radical (unpaired) electrons. The fourth-order valence-electron chi connectivity index (χ4n) is 1.33. The second-order valence-electron chi connectivity index (χ2n) is 6.33. The molecule has 0 spiro atoms. The predicted molar refractivity (Wildman–Crippen MR) is 80.6 cm³/mol. The normalized spacial score (nSPS) is 11.3. The molecule has 0 N–H and O–H groups in total. The predicted octanol–water partition coefficient (Wildman–Crippen LogP) is 3.58. The maximum Gasteiger partial charge on any atom is -0.00224 e. The van der Waals surface area contributed by atoms with E-state index in [2.05, 4.69) is 65.7 Å². The summed E-state index contributed by atoms with van der Waals surface area (Å²) in [6.45, 7) is 11.5. The Bertz CT molecular complexity index is 124. The van der Waals surface area contributed by atoms with E-state index >= 15 is 0 Å². The summed E-state index contributed by atoms with van der Waals surface area (Å²) in [6.07, 6.45) is 4.01. The highest BCUT2D eigenvalue weighted by Crippen LogP contribution is 2.02. The second-order valence-corrected chi connectivity index (χ2v) is 6.33. The zero-order chi connectivity index (χ0) is 13.8. The third-order valence-electron chi connectivity index (χ3n) is 2.54. The first kappa shape index (κ1) is 19.3. The van der Waals surface area contributed by atoms with Gasteiger partial charge in [0.25, 0.3) is 0 Å². The van der Waals surface area contributed by atoms with Crippen molar-refractivity contribution in [2.75, 3.05) is 41.3 Å². The van der Waals surface area contributed by atoms with Gasteiger partial charge in [0.05, 0.1) is 0 Å². The van der Waals surface area contributed by atoms with Gasteiger partial charge in [0.2, 0.25) is 0 Å². The van der Waals surface area contributed by atoms with Gasteiger partial charge in [-0.05, 0) is 72.4 Å². The lowest BCUT2D eigenvalue weighted by Crippen LogP contribution is -2.14. The molecule has 0 aliphatic carbocycles. The Morgan fingerprint density at radius 3 is 1.29 bits per heavy atom. The zero-order valence-electron chi connectivity index (χ0n) is 13.6. The van der Waals surface area contributed by atoms with Crippen LogP contribution in [-0.4, -0.2) is 51.1 Å². The van der Waals surface area contributed by atoms with Gasteiger partial charge >= 0.3 is 0 Å². The number of rotatable bonds is 7. The lowest BCUT2D eigenvalue weighted by Gasteiger charge is -2.10. The smallest absolute Gasteiger partial charge is 0.00224 e. The summed E-state index contributed by atoms with van der Waals surface area (Å²) in [4.78, 5) is 4.46. The molecule has 0 aromatic rings. The van der Waals surface area contributed by atoms with Crippen LogP contribution >= 0.6 is 0 Å². The van der Waals surface area contributed by atoms with E-state index in [1.54, 1.807) is 0 Å². The Morgan fingerprint density at radius 2 is 1.06 bits per heavy atom. The van der Waals surface area contributed by atoms with E-state index in [4.69, 9.17) is 0 Å². The van der Waals surface area contributed by atoms with Crippen LogP contribution in [0.4, 0.5) is 0 Å². The van der Waals surface area contributed by atoms with Gasteiger partial charge in [0.1, 0.15) is 0 Å². The van der Waals surface area contributed by atoms with Crippen molar-refractivity contribution in [3.05, 3.63) is 0 Å². The molecule has 0 unspecified atom stereocenters. The molecule has 0 atom stereocenters. The summed E-state index contributed by atoms with van der Waals surface area (Å²) in [6, 6.07) is 0. The van der Waals surface area contributed by atoms with Crippen molar-refractivity contribution >= 4 is 0 Å². The van der Waals surface area contributed by atoms with Crippen molar-refractivity contribution in [2.24, 2.45) is 11.8 Å². The van der Waals surface area contributed by atoms with Crippen LogP contribution in [0, 0.1) is 11.8 Å². The van der Waals surface area contributed by atoms with Crippen LogP contribution in [0.1, 0.15) is 47.0 Å². The van der Waals surface area contributed by atoms with E-state index in [0.29, 0.717) is 0 Å². The van der Waals surface area contributed by atoms with Gasteiger partial charge in [-0.3, -0.25) is 0 Å². The molecule has 0 aliphatic rings. The van der Waals surface area contributed by atoms with Crippen molar-refractivity contribution in [3.63, 3.8) is 0 Å². The number of hydrogen-bond acceptors (Lipinski definition) is 2.